The van der Waals surface area contributed by atoms with E-state index in [0.717, 1.165) is 25.9 Å². The van der Waals surface area contributed by atoms with Crippen molar-refractivity contribution >= 4 is 17.6 Å². The number of rotatable bonds is 1. The smallest absolute Gasteiger partial charge is 0.295 e. The molecule has 70 valence electrons. The van der Waals surface area contributed by atoms with Crippen molar-refractivity contribution in [1.29, 1.82) is 0 Å². The third-order valence-electron chi connectivity index (χ3n) is 2.35. The van der Waals surface area contributed by atoms with E-state index in [1.54, 1.807) is 0 Å². The van der Waals surface area contributed by atoms with Crippen LogP contribution in [0.3, 0.4) is 0 Å². The zero-order valence-electron chi connectivity index (χ0n) is 7.29. The van der Waals surface area contributed by atoms with E-state index < -0.39 is 0 Å². The van der Waals surface area contributed by atoms with Crippen molar-refractivity contribution in [2.24, 2.45) is 21.6 Å². The number of nitrogens with two attached hydrogens (primary N) is 1. The summed E-state index contributed by atoms with van der Waals surface area (Å²) in [5.74, 6) is 0.0443. The molecule has 2 aliphatic rings. The van der Waals surface area contributed by atoms with Crippen LogP contribution in [0.5, 0.6) is 0 Å². The van der Waals surface area contributed by atoms with Gasteiger partial charge in [0.1, 0.15) is 5.71 Å². The number of amides is 1. The second kappa shape index (κ2) is 3.26. The maximum absolute atomic E-state index is 11.3. The van der Waals surface area contributed by atoms with Crippen LogP contribution in [0.25, 0.3) is 0 Å². The van der Waals surface area contributed by atoms with Gasteiger partial charge in [0.15, 0.2) is 0 Å². The molecule has 0 spiro atoms. The maximum atomic E-state index is 11.3. The molecule has 0 saturated carbocycles. The highest BCUT2D eigenvalue weighted by Crippen LogP contribution is 2.15. The van der Waals surface area contributed by atoms with Gasteiger partial charge < -0.3 is 11.1 Å². The van der Waals surface area contributed by atoms with E-state index >= 15 is 0 Å². The number of piperidine rings is 1. The summed E-state index contributed by atoms with van der Waals surface area (Å²) in [6.45, 7) is 1.84. The lowest BCUT2D eigenvalue weighted by atomic mass is 9.94. The largest absolute Gasteiger partial charge is 0.368 e. The van der Waals surface area contributed by atoms with E-state index in [0.29, 0.717) is 5.71 Å². The van der Waals surface area contributed by atoms with Crippen LogP contribution in [-0.2, 0) is 4.79 Å². The Labute approximate surface area is 76.1 Å². The van der Waals surface area contributed by atoms with Crippen LogP contribution in [0.15, 0.2) is 9.98 Å². The first-order valence-electron chi connectivity index (χ1n) is 4.45. The van der Waals surface area contributed by atoms with E-state index in [-0.39, 0.29) is 17.8 Å². The monoisotopic (exact) mass is 180 g/mol. The van der Waals surface area contributed by atoms with Crippen molar-refractivity contribution in [2.45, 2.75) is 12.8 Å². The molecular formula is C8H12N4O. The average Bonchev–Trinajstić information content (AvgIpc) is 2.47. The minimum Gasteiger partial charge on any atom is -0.368 e. The average molecular weight is 180 g/mol. The molecule has 0 aromatic heterocycles. The Bertz CT molecular complexity index is 289. The van der Waals surface area contributed by atoms with E-state index in [4.69, 9.17) is 5.73 Å². The van der Waals surface area contributed by atoms with E-state index in [1.165, 1.54) is 0 Å². The van der Waals surface area contributed by atoms with Crippen LogP contribution in [0, 0.1) is 5.92 Å². The fourth-order valence-corrected chi connectivity index (χ4v) is 1.71. The van der Waals surface area contributed by atoms with Crippen LogP contribution in [0.4, 0.5) is 0 Å². The summed E-state index contributed by atoms with van der Waals surface area (Å²) in [5, 5.41) is 3.22. The molecule has 1 fully saturated rings. The lowest BCUT2D eigenvalue weighted by molar-refractivity contribution is -0.111. The highest BCUT2D eigenvalue weighted by atomic mass is 16.1. The second-order valence-electron chi connectivity index (χ2n) is 3.32. The van der Waals surface area contributed by atoms with Gasteiger partial charge in [0.2, 0.25) is 5.96 Å². The van der Waals surface area contributed by atoms with Crippen molar-refractivity contribution in [1.82, 2.24) is 5.32 Å². The zero-order chi connectivity index (χ0) is 9.26. The van der Waals surface area contributed by atoms with Gasteiger partial charge in [0.25, 0.3) is 5.91 Å². The van der Waals surface area contributed by atoms with Gasteiger partial charge in [0, 0.05) is 12.5 Å². The molecule has 3 N–H and O–H groups in total. The number of carbonyl (C=O) groups excluding carboxylic acids is 1. The molecule has 1 saturated heterocycles. The highest BCUT2D eigenvalue weighted by Gasteiger charge is 2.27. The van der Waals surface area contributed by atoms with Gasteiger partial charge in [-0.1, -0.05) is 0 Å². The van der Waals surface area contributed by atoms with Crippen molar-refractivity contribution in [3.8, 4) is 0 Å². The Balaban J connectivity index is 2.09. The molecule has 2 rings (SSSR count). The Morgan fingerprint density at radius 3 is 2.85 bits per heavy atom. The molecule has 0 aromatic rings. The minimum atomic E-state index is -0.258. The molecule has 1 atom stereocenters. The number of carbonyl (C=O) groups is 1. The van der Waals surface area contributed by atoms with E-state index in [2.05, 4.69) is 15.3 Å². The van der Waals surface area contributed by atoms with Crippen molar-refractivity contribution in [2.75, 3.05) is 13.1 Å². The number of guanidine groups is 1. The summed E-state index contributed by atoms with van der Waals surface area (Å²) >= 11 is 0. The van der Waals surface area contributed by atoms with Gasteiger partial charge in [-0.25, -0.2) is 4.99 Å². The third kappa shape index (κ3) is 1.60. The molecule has 0 bridgehead atoms. The zero-order valence-corrected chi connectivity index (χ0v) is 7.29. The SMILES string of the molecule is NC1=NC(=O)C(C2CCCNC2)=N1. The highest BCUT2D eigenvalue weighted by molar-refractivity contribution is 6.45. The predicted octanol–water partition coefficient (Wildman–Crippen LogP) is -0.718. The lowest BCUT2D eigenvalue weighted by Crippen LogP contribution is -2.36. The summed E-state index contributed by atoms with van der Waals surface area (Å²) in [7, 11) is 0. The van der Waals surface area contributed by atoms with Gasteiger partial charge in [-0.15, -0.1) is 0 Å². The number of aliphatic imine (C=N–C) groups is 2. The van der Waals surface area contributed by atoms with Crippen molar-refractivity contribution in [3.63, 3.8) is 0 Å². The van der Waals surface area contributed by atoms with E-state index in [1.807, 2.05) is 0 Å². The van der Waals surface area contributed by atoms with Gasteiger partial charge in [0.05, 0.1) is 0 Å². The normalized spacial score (nSPS) is 28.6. The van der Waals surface area contributed by atoms with Gasteiger partial charge in [-0.05, 0) is 19.4 Å². The molecule has 1 amide bonds. The van der Waals surface area contributed by atoms with Gasteiger partial charge in [-0.3, -0.25) is 4.79 Å². The van der Waals surface area contributed by atoms with Crippen LogP contribution in [0.1, 0.15) is 12.8 Å². The molecule has 2 aliphatic heterocycles. The fraction of sp³-hybridized carbons (Fsp3) is 0.625. The molecule has 0 aliphatic carbocycles. The van der Waals surface area contributed by atoms with Crippen LogP contribution in [-0.4, -0.2) is 30.7 Å². The summed E-state index contributed by atoms with van der Waals surface area (Å²) in [6.07, 6.45) is 2.08. The number of nitrogens with zero attached hydrogens (tertiary/aromatic N) is 2. The van der Waals surface area contributed by atoms with Crippen LogP contribution >= 0.6 is 0 Å². The molecule has 5 nitrogen and oxygen atoms in total. The first-order chi connectivity index (χ1) is 6.27. The fourth-order valence-electron chi connectivity index (χ4n) is 1.71. The van der Waals surface area contributed by atoms with Crippen molar-refractivity contribution < 1.29 is 4.79 Å². The standard InChI is InChI=1S/C8H12N4O/c9-8-11-6(7(13)12-8)5-2-1-3-10-4-5/h5,10H,1-4H2,(H2,9,12,13). The second-order valence-corrected chi connectivity index (χ2v) is 3.32. The van der Waals surface area contributed by atoms with Crippen LogP contribution in [0.2, 0.25) is 0 Å². The Morgan fingerprint density at radius 2 is 2.31 bits per heavy atom. The molecule has 0 radical (unpaired) electrons. The number of hydrogen-bond donors (Lipinski definition) is 2. The molecular weight excluding hydrogens is 168 g/mol. The summed E-state index contributed by atoms with van der Waals surface area (Å²) < 4.78 is 0. The topological polar surface area (TPSA) is 79.8 Å². The Morgan fingerprint density at radius 1 is 1.46 bits per heavy atom. The van der Waals surface area contributed by atoms with Gasteiger partial charge in [-0.2, -0.15) is 4.99 Å². The molecule has 0 aromatic carbocycles. The molecule has 13 heavy (non-hydrogen) atoms. The molecule has 1 unspecified atom stereocenters. The summed E-state index contributed by atoms with van der Waals surface area (Å²) in [4.78, 5) is 18.8. The first kappa shape index (κ1) is 8.37. The third-order valence-corrected chi connectivity index (χ3v) is 2.35. The lowest BCUT2D eigenvalue weighted by Gasteiger charge is -2.21. The molecule has 5 heteroatoms. The van der Waals surface area contributed by atoms with E-state index in [9.17, 15) is 4.79 Å². The Hall–Kier alpha value is -1.23. The summed E-state index contributed by atoms with van der Waals surface area (Å²) in [6, 6.07) is 0. The van der Waals surface area contributed by atoms with Gasteiger partial charge >= 0.3 is 0 Å². The van der Waals surface area contributed by atoms with Crippen molar-refractivity contribution in [3.05, 3.63) is 0 Å². The Kier molecular flexibility index (Phi) is 2.10. The quantitative estimate of drug-likeness (QED) is 0.559. The summed E-state index contributed by atoms with van der Waals surface area (Å²) in [5.41, 5.74) is 5.88. The molecule has 2 heterocycles. The number of nitrogens with one attached hydrogen (secondary N) is 1. The minimum absolute atomic E-state index is 0.102. The number of hydrogen-bond acceptors (Lipinski definition) is 4. The predicted molar refractivity (Wildman–Crippen MR) is 49.7 cm³/mol. The van der Waals surface area contributed by atoms with Crippen LogP contribution < -0.4 is 11.1 Å². The maximum Gasteiger partial charge on any atom is 0.295 e. The first-order valence-corrected chi connectivity index (χ1v) is 4.45.